The van der Waals surface area contributed by atoms with Gasteiger partial charge in [-0.1, -0.05) is 38.7 Å². The summed E-state index contributed by atoms with van der Waals surface area (Å²) in [6.07, 6.45) is 17.2. The molecule has 88 valence electrons. The third-order valence-corrected chi connectivity index (χ3v) is 3.18. The Morgan fingerprint density at radius 1 is 0.933 bits per heavy atom. The quantitative estimate of drug-likeness (QED) is 0.564. The van der Waals surface area contributed by atoms with Crippen molar-refractivity contribution in [3.63, 3.8) is 0 Å². The van der Waals surface area contributed by atoms with Crippen LogP contribution in [0.15, 0.2) is 12.3 Å². The molecule has 1 nitrogen and oxygen atoms in total. The van der Waals surface area contributed by atoms with Crippen molar-refractivity contribution in [2.45, 2.75) is 64.7 Å². The lowest BCUT2D eigenvalue weighted by atomic mass is 10.1. The van der Waals surface area contributed by atoms with Crippen LogP contribution < -0.4 is 0 Å². The van der Waals surface area contributed by atoms with Crippen LogP contribution in [-0.2, 0) is 0 Å². The van der Waals surface area contributed by atoms with Crippen molar-refractivity contribution in [1.29, 1.82) is 0 Å². The second-order valence-electron chi connectivity index (χ2n) is 4.68. The third-order valence-electron chi connectivity index (χ3n) is 3.18. The number of nitrogens with zero attached hydrogens (tertiary/aromatic N) is 1. The molecule has 0 radical (unpaired) electrons. The molecule has 0 unspecified atom stereocenters. The summed E-state index contributed by atoms with van der Waals surface area (Å²) in [5.41, 5.74) is 0. The molecule has 1 aliphatic rings. The zero-order chi connectivity index (χ0) is 10.8. The minimum absolute atomic E-state index is 1.28. The van der Waals surface area contributed by atoms with Gasteiger partial charge in [0, 0.05) is 13.1 Å². The molecular weight excluding hydrogens is 182 g/mol. The Labute approximate surface area is 95.5 Å². The van der Waals surface area contributed by atoms with Gasteiger partial charge in [-0.05, 0) is 38.3 Å². The van der Waals surface area contributed by atoms with Gasteiger partial charge in [0.2, 0.25) is 0 Å². The molecular formula is C14H27N. The molecule has 1 heteroatoms. The van der Waals surface area contributed by atoms with Crippen LogP contribution in [0.3, 0.4) is 0 Å². The van der Waals surface area contributed by atoms with Crippen LogP contribution >= 0.6 is 0 Å². The fraction of sp³-hybridized carbons (Fsp3) is 0.857. The molecule has 0 N–H and O–H groups in total. The van der Waals surface area contributed by atoms with E-state index in [-0.39, 0.29) is 0 Å². The molecule has 0 bridgehead atoms. The van der Waals surface area contributed by atoms with Crippen LogP contribution in [0.4, 0.5) is 0 Å². The maximum Gasteiger partial charge on any atom is 0.0172 e. The largest absolute Gasteiger partial charge is 0.378 e. The van der Waals surface area contributed by atoms with Crippen molar-refractivity contribution < 1.29 is 0 Å². The molecule has 1 saturated heterocycles. The predicted molar refractivity (Wildman–Crippen MR) is 67.9 cm³/mol. The lowest BCUT2D eigenvalue weighted by molar-refractivity contribution is 0.308. The lowest BCUT2D eigenvalue weighted by Gasteiger charge is -2.24. The lowest BCUT2D eigenvalue weighted by Crippen LogP contribution is -2.23. The summed E-state index contributed by atoms with van der Waals surface area (Å²) in [6, 6.07) is 0. The van der Waals surface area contributed by atoms with E-state index in [1.165, 1.54) is 70.9 Å². The fourth-order valence-corrected chi connectivity index (χ4v) is 2.16. The average Bonchev–Trinajstić information content (AvgIpc) is 2.29. The molecule has 0 aromatic rings. The summed E-state index contributed by atoms with van der Waals surface area (Å²) in [5, 5.41) is 0. The van der Waals surface area contributed by atoms with Crippen LogP contribution in [-0.4, -0.2) is 18.0 Å². The van der Waals surface area contributed by atoms with Crippen molar-refractivity contribution in [2.24, 2.45) is 0 Å². The zero-order valence-electron chi connectivity index (χ0n) is 10.4. The number of likely N-dealkylation sites (tertiary alicyclic amines) is 1. The summed E-state index contributed by atoms with van der Waals surface area (Å²) in [6.45, 7) is 4.84. The molecule has 1 rings (SSSR count). The van der Waals surface area contributed by atoms with E-state index in [1.54, 1.807) is 0 Å². The summed E-state index contributed by atoms with van der Waals surface area (Å²) < 4.78 is 0. The van der Waals surface area contributed by atoms with Crippen LogP contribution in [0.2, 0.25) is 0 Å². The minimum atomic E-state index is 1.28. The first-order valence-corrected chi connectivity index (χ1v) is 6.84. The van der Waals surface area contributed by atoms with Gasteiger partial charge < -0.3 is 4.90 Å². The van der Waals surface area contributed by atoms with Gasteiger partial charge in [-0.2, -0.15) is 0 Å². The van der Waals surface area contributed by atoms with Gasteiger partial charge in [-0.15, -0.1) is 0 Å². The van der Waals surface area contributed by atoms with Crippen molar-refractivity contribution in [1.82, 2.24) is 4.90 Å². The fourth-order valence-electron chi connectivity index (χ4n) is 2.16. The Bertz CT molecular complexity index is 157. The molecule has 0 spiro atoms. The van der Waals surface area contributed by atoms with Gasteiger partial charge in [0.15, 0.2) is 0 Å². The van der Waals surface area contributed by atoms with Gasteiger partial charge in [-0.25, -0.2) is 0 Å². The molecule has 0 aromatic heterocycles. The highest BCUT2D eigenvalue weighted by molar-refractivity contribution is 4.83. The minimum Gasteiger partial charge on any atom is -0.378 e. The van der Waals surface area contributed by atoms with E-state index >= 15 is 0 Å². The highest BCUT2D eigenvalue weighted by atomic mass is 15.1. The highest BCUT2D eigenvalue weighted by Crippen LogP contribution is 2.10. The summed E-state index contributed by atoms with van der Waals surface area (Å²) in [7, 11) is 0. The van der Waals surface area contributed by atoms with Gasteiger partial charge >= 0.3 is 0 Å². The van der Waals surface area contributed by atoms with E-state index in [9.17, 15) is 0 Å². The molecule has 15 heavy (non-hydrogen) atoms. The number of unbranched alkanes of at least 4 members (excludes halogenated alkanes) is 5. The molecule has 1 aliphatic heterocycles. The normalized spacial score (nSPS) is 17.5. The Kier molecular flexibility index (Phi) is 7.41. The van der Waals surface area contributed by atoms with Crippen LogP contribution in [0.25, 0.3) is 0 Å². The topological polar surface area (TPSA) is 3.24 Å². The number of allylic oxidation sites excluding steroid dienone is 1. The first-order valence-electron chi connectivity index (χ1n) is 6.84. The second kappa shape index (κ2) is 8.82. The van der Waals surface area contributed by atoms with E-state index in [0.717, 1.165) is 0 Å². The molecule has 1 fully saturated rings. The monoisotopic (exact) mass is 209 g/mol. The first kappa shape index (κ1) is 12.6. The number of hydrogen-bond donors (Lipinski definition) is 0. The van der Waals surface area contributed by atoms with Crippen LogP contribution in [0, 0.1) is 0 Å². The number of hydrogen-bond acceptors (Lipinski definition) is 1. The van der Waals surface area contributed by atoms with Crippen molar-refractivity contribution in [3.8, 4) is 0 Å². The third kappa shape index (κ3) is 6.59. The Morgan fingerprint density at radius 2 is 1.67 bits per heavy atom. The summed E-state index contributed by atoms with van der Waals surface area (Å²) in [5.74, 6) is 0. The van der Waals surface area contributed by atoms with E-state index in [4.69, 9.17) is 0 Å². The van der Waals surface area contributed by atoms with Crippen LogP contribution in [0.5, 0.6) is 0 Å². The predicted octanol–water partition coefficient (Wildman–Crippen LogP) is 4.35. The van der Waals surface area contributed by atoms with E-state index in [2.05, 4.69) is 24.1 Å². The Hall–Kier alpha value is -0.460. The highest BCUT2D eigenvalue weighted by Gasteiger charge is 2.04. The Balaban J connectivity index is 1.91. The average molecular weight is 209 g/mol. The molecule has 0 amide bonds. The van der Waals surface area contributed by atoms with E-state index in [0.29, 0.717) is 0 Å². The maximum absolute atomic E-state index is 2.48. The SMILES string of the molecule is CCCCCCCC=CN1CCCCC1. The Morgan fingerprint density at radius 3 is 2.40 bits per heavy atom. The molecule has 0 atom stereocenters. The van der Waals surface area contributed by atoms with Gasteiger partial charge in [-0.3, -0.25) is 0 Å². The van der Waals surface area contributed by atoms with E-state index < -0.39 is 0 Å². The molecule has 0 saturated carbocycles. The van der Waals surface area contributed by atoms with E-state index in [1.807, 2.05) is 0 Å². The maximum atomic E-state index is 2.48. The smallest absolute Gasteiger partial charge is 0.0172 e. The van der Waals surface area contributed by atoms with Crippen LogP contribution in [0.1, 0.15) is 64.7 Å². The van der Waals surface area contributed by atoms with Crippen molar-refractivity contribution in [3.05, 3.63) is 12.3 Å². The van der Waals surface area contributed by atoms with Crippen molar-refractivity contribution in [2.75, 3.05) is 13.1 Å². The second-order valence-corrected chi connectivity index (χ2v) is 4.68. The number of rotatable bonds is 7. The molecule has 0 aromatic carbocycles. The van der Waals surface area contributed by atoms with Gasteiger partial charge in [0.25, 0.3) is 0 Å². The zero-order valence-corrected chi connectivity index (χ0v) is 10.4. The number of piperidine rings is 1. The summed E-state index contributed by atoms with van der Waals surface area (Å²) >= 11 is 0. The standard InChI is InChI=1S/C14H27N/c1-2-3-4-5-6-7-9-12-15-13-10-8-11-14-15/h9,12H,2-8,10-11,13-14H2,1H3. The van der Waals surface area contributed by atoms with Gasteiger partial charge in [0.1, 0.15) is 0 Å². The van der Waals surface area contributed by atoms with Crippen molar-refractivity contribution >= 4 is 0 Å². The van der Waals surface area contributed by atoms with Gasteiger partial charge in [0.05, 0.1) is 0 Å². The molecule has 1 heterocycles. The molecule has 0 aliphatic carbocycles. The first-order chi connectivity index (χ1) is 7.43. The summed E-state index contributed by atoms with van der Waals surface area (Å²) in [4.78, 5) is 2.48.